The number of hydrogen-bond acceptors (Lipinski definition) is 6. The number of nitrogens with zero attached hydrogens (tertiary/aromatic N) is 2. The van der Waals surface area contributed by atoms with Crippen LogP contribution in [0.25, 0.3) is 0 Å². The van der Waals surface area contributed by atoms with Crippen molar-refractivity contribution in [2.45, 2.75) is 44.7 Å². The first kappa shape index (κ1) is 24.4. The van der Waals surface area contributed by atoms with Crippen LogP contribution in [-0.4, -0.2) is 40.7 Å². The Kier molecular flexibility index (Phi) is 10.7. The van der Waals surface area contributed by atoms with Gasteiger partial charge < -0.3 is 20.1 Å². The van der Waals surface area contributed by atoms with Crippen LogP contribution in [0.5, 0.6) is 11.5 Å². The maximum absolute atomic E-state index is 9.84. The summed E-state index contributed by atoms with van der Waals surface area (Å²) in [4.78, 5) is 18.2. The number of carbonyl (C=O) groups excluding carboxylic acids is 1. The summed E-state index contributed by atoms with van der Waals surface area (Å²) in [5.41, 5.74) is 1.46. The van der Waals surface area contributed by atoms with E-state index in [1.165, 1.54) is 0 Å². The number of carboxylic acids is 1. The van der Waals surface area contributed by atoms with Crippen LogP contribution in [0.3, 0.4) is 0 Å². The Labute approximate surface area is 181 Å². The van der Waals surface area contributed by atoms with Gasteiger partial charge in [-0.1, -0.05) is 37.1 Å². The van der Waals surface area contributed by atoms with Gasteiger partial charge in [-0.2, -0.15) is 0 Å². The third-order valence-electron chi connectivity index (χ3n) is 4.38. The molecule has 0 saturated heterocycles. The molecule has 1 radical (unpaired) electrons. The molecule has 0 amide bonds. The Hall–Kier alpha value is -2.63. The van der Waals surface area contributed by atoms with Crippen LogP contribution in [0.4, 0.5) is 0 Å². The van der Waals surface area contributed by atoms with Gasteiger partial charge in [-0.3, -0.25) is 9.98 Å². The van der Waals surface area contributed by atoms with Crippen LogP contribution in [0.2, 0.25) is 0 Å². The van der Waals surface area contributed by atoms with Gasteiger partial charge in [0.05, 0.1) is 12.1 Å². The number of hydrogen-bond donors (Lipinski definition) is 2. The standard InChI is InChI=1S/C20H22N2O2.C2H4O2.Mn/c23-19-11-5-1-7-15(19)13-21-17-9-3-4-10-18(17)22-14-16-8-2-6-12-20(16)24;1-2(3)4;/h1-2,5-8,11-14,17-18,23-24H,3-4,9-10H2;1H3,(H,3,4);/p-1/t17-,18-;;/m1../s1. The Morgan fingerprint density at radius 2 is 1.24 bits per heavy atom. The van der Waals surface area contributed by atoms with Crippen molar-refractivity contribution in [1.29, 1.82) is 0 Å². The van der Waals surface area contributed by atoms with Crippen molar-refractivity contribution >= 4 is 18.4 Å². The van der Waals surface area contributed by atoms with Gasteiger partial charge >= 0.3 is 0 Å². The van der Waals surface area contributed by atoms with E-state index < -0.39 is 5.97 Å². The molecule has 0 unspecified atom stereocenters. The number of phenols is 2. The summed E-state index contributed by atoms with van der Waals surface area (Å²) < 4.78 is 0. The first-order valence-electron chi connectivity index (χ1n) is 9.27. The largest absolute Gasteiger partial charge is 0.550 e. The molecule has 7 heteroatoms. The SMILES string of the molecule is CC(=O)[O-].Oc1ccccc1C=N[C@@H]1CCCC[C@H]1N=Cc1ccccc1O.[Mn]. The molecule has 0 aliphatic heterocycles. The molecule has 2 aromatic carbocycles. The molecule has 0 bridgehead atoms. The molecule has 29 heavy (non-hydrogen) atoms. The molecule has 1 aliphatic rings. The van der Waals surface area contributed by atoms with Gasteiger partial charge in [0.2, 0.25) is 0 Å². The summed E-state index contributed by atoms with van der Waals surface area (Å²) in [6.45, 7) is 0.972. The molecule has 1 fully saturated rings. The predicted molar refractivity (Wildman–Crippen MR) is 108 cm³/mol. The van der Waals surface area contributed by atoms with Gasteiger partial charge in [0.1, 0.15) is 11.5 Å². The molecular weight excluding hydrogens is 411 g/mol. The van der Waals surface area contributed by atoms with Crippen LogP contribution < -0.4 is 5.11 Å². The fourth-order valence-electron chi connectivity index (χ4n) is 2.98. The average Bonchev–Trinajstić information content (AvgIpc) is 2.67. The normalized spacial score (nSPS) is 18.7. The molecular formula is C22H25MnN2O4-. The minimum Gasteiger partial charge on any atom is -0.550 e. The van der Waals surface area contributed by atoms with Gasteiger partial charge in [0.25, 0.3) is 0 Å². The molecule has 3 rings (SSSR count). The van der Waals surface area contributed by atoms with Crippen molar-refractivity contribution in [3.8, 4) is 11.5 Å². The number of carboxylic acid groups (broad SMARTS) is 1. The molecule has 2 N–H and O–H groups in total. The average molecular weight is 436 g/mol. The number of aliphatic carboxylic acids is 1. The van der Waals surface area contributed by atoms with Crippen molar-refractivity contribution in [1.82, 2.24) is 0 Å². The molecule has 0 heterocycles. The van der Waals surface area contributed by atoms with E-state index in [0.717, 1.165) is 43.7 Å². The van der Waals surface area contributed by atoms with E-state index in [-0.39, 0.29) is 40.7 Å². The van der Waals surface area contributed by atoms with Crippen molar-refractivity contribution in [2.24, 2.45) is 9.98 Å². The third kappa shape index (κ3) is 8.50. The van der Waals surface area contributed by atoms with E-state index in [0.29, 0.717) is 0 Å². The van der Waals surface area contributed by atoms with Crippen LogP contribution >= 0.6 is 0 Å². The Morgan fingerprint density at radius 1 is 0.897 bits per heavy atom. The topological polar surface area (TPSA) is 105 Å². The number of aromatic hydroxyl groups is 2. The summed E-state index contributed by atoms with van der Waals surface area (Å²) >= 11 is 0. The number of benzene rings is 2. The van der Waals surface area contributed by atoms with Crippen LogP contribution in [0.1, 0.15) is 43.7 Å². The van der Waals surface area contributed by atoms with E-state index in [1.54, 1.807) is 36.7 Å². The van der Waals surface area contributed by atoms with Crippen molar-refractivity contribution in [3.05, 3.63) is 59.7 Å². The second-order valence-electron chi connectivity index (χ2n) is 6.58. The second-order valence-corrected chi connectivity index (χ2v) is 6.58. The fraction of sp³-hybridized carbons (Fsp3) is 0.318. The summed E-state index contributed by atoms with van der Waals surface area (Å²) in [5.74, 6) is -0.599. The summed E-state index contributed by atoms with van der Waals surface area (Å²) in [7, 11) is 0. The number of rotatable bonds is 4. The first-order valence-corrected chi connectivity index (χ1v) is 9.27. The summed E-state index contributed by atoms with van der Waals surface area (Å²) in [6.07, 6.45) is 7.76. The monoisotopic (exact) mass is 436 g/mol. The van der Waals surface area contributed by atoms with Gasteiger partial charge in [0.15, 0.2) is 0 Å². The van der Waals surface area contributed by atoms with Gasteiger partial charge in [-0.05, 0) is 44.0 Å². The maximum atomic E-state index is 9.84. The van der Waals surface area contributed by atoms with Gasteiger partial charge in [-0.25, -0.2) is 0 Å². The minimum atomic E-state index is -1.08. The smallest absolute Gasteiger partial charge is 0.124 e. The number of aliphatic imine (C=N–C) groups is 2. The zero-order valence-corrected chi connectivity index (χ0v) is 17.4. The van der Waals surface area contributed by atoms with E-state index in [1.807, 2.05) is 24.3 Å². The zero-order valence-electron chi connectivity index (χ0n) is 16.2. The van der Waals surface area contributed by atoms with Crippen molar-refractivity contribution < 1.29 is 37.2 Å². The van der Waals surface area contributed by atoms with Crippen LogP contribution in [0, 0.1) is 0 Å². The maximum Gasteiger partial charge on any atom is 0.124 e. The number of carbonyl (C=O) groups is 1. The van der Waals surface area contributed by atoms with E-state index in [4.69, 9.17) is 9.90 Å². The second kappa shape index (κ2) is 12.8. The molecule has 2 aromatic rings. The zero-order chi connectivity index (χ0) is 20.4. The number of para-hydroxylation sites is 2. The minimum absolute atomic E-state index is 0. The molecule has 2 atom stereocenters. The Bertz CT molecular complexity index is 772. The van der Waals surface area contributed by atoms with Gasteiger partial charge in [-0.15, -0.1) is 0 Å². The molecule has 6 nitrogen and oxygen atoms in total. The van der Waals surface area contributed by atoms with E-state index >= 15 is 0 Å². The third-order valence-corrected chi connectivity index (χ3v) is 4.38. The summed E-state index contributed by atoms with van der Waals surface area (Å²) in [5, 5.41) is 28.6. The molecule has 155 valence electrons. The van der Waals surface area contributed by atoms with Crippen molar-refractivity contribution in [2.75, 3.05) is 0 Å². The van der Waals surface area contributed by atoms with E-state index in [9.17, 15) is 10.2 Å². The fourth-order valence-corrected chi connectivity index (χ4v) is 2.98. The molecule has 0 spiro atoms. The van der Waals surface area contributed by atoms with Crippen LogP contribution in [0.15, 0.2) is 58.5 Å². The predicted octanol–water partition coefficient (Wildman–Crippen LogP) is 2.70. The molecule has 1 saturated carbocycles. The van der Waals surface area contributed by atoms with E-state index in [2.05, 4.69) is 9.98 Å². The van der Waals surface area contributed by atoms with Gasteiger partial charge in [0, 0.05) is 46.6 Å². The Balaban J connectivity index is 0.000000771. The van der Waals surface area contributed by atoms with Crippen molar-refractivity contribution in [3.63, 3.8) is 0 Å². The molecule has 1 aliphatic carbocycles. The number of phenolic OH excluding ortho intramolecular Hbond substituents is 2. The Morgan fingerprint density at radius 3 is 1.59 bits per heavy atom. The van der Waals surface area contributed by atoms with Crippen LogP contribution in [-0.2, 0) is 21.9 Å². The first-order chi connectivity index (χ1) is 13.5. The summed E-state index contributed by atoms with van der Waals surface area (Å²) in [6, 6.07) is 14.6. The quantitative estimate of drug-likeness (QED) is 0.568. The molecule has 0 aromatic heterocycles.